The standard InChI is InChI=1S/C13H23N3O3S/c1-3-5-6-11(9-14)16-20(17,18)12-7-8-13(15-10-12)19-4-2/h7-8,10-11,16H,3-6,9,14H2,1-2H3. The molecule has 114 valence electrons. The Hall–Kier alpha value is -1.18. The second-order valence-electron chi connectivity index (χ2n) is 4.46. The first-order valence-corrected chi connectivity index (χ1v) is 8.33. The van der Waals surface area contributed by atoms with Gasteiger partial charge in [0.2, 0.25) is 15.9 Å². The number of hydrogen-bond acceptors (Lipinski definition) is 5. The zero-order chi connectivity index (χ0) is 15.0. The molecule has 0 amide bonds. The summed E-state index contributed by atoms with van der Waals surface area (Å²) >= 11 is 0. The number of pyridine rings is 1. The average molecular weight is 301 g/mol. The molecule has 0 fully saturated rings. The SMILES string of the molecule is CCCCC(CN)NS(=O)(=O)c1ccc(OCC)nc1. The maximum absolute atomic E-state index is 12.2. The van der Waals surface area contributed by atoms with E-state index in [0.717, 1.165) is 19.3 Å². The molecule has 1 atom stereocenters. The highest BCUT2D eigenvalue weighted by molar-refractivity contribution is 7.89. The molecule has 0 saturated carbocycles. The van der Waals surface area contributed by atoms with Gasteiger partial charge in [-0.2, -0.15) is 0 Å². The van der Waals surface area contributed by atoms with Gasteiger partial charge < -0.3 is 10.5 Å². The molecule has 1 unspecified atom stereocenters. The lowest BCUT2D eigenvalue weighted by Crippen LogP contribution is -2.40. The molecule has 20 heavy (non-hydrogen) atoms. The largest absolute Gasteiger partial charge is 0.478 e. The Morgan fingerprint density at radius 2 is 2.15 bits per heavy atom. The van der Waals surface area contributed by atoms with Crippen LogP contribution in [-0.2, 0) is 10.0 Å². The second-order valence-corrected chi connectivity index (χ2v) is 6.18. The van der Waals surface area contributed by atoms with E-state index in [2.05, 4.69) is 16.6 Å². The fourth-order valence-corrected chi connectivity index (χ4v) is 2.95. The summed E-state index contributed by atoms with van der Waals surface area (Å²) in [6, 6.07) is 2.78. The van der Waals surface area contributed by atoms with Gasteiger partial charge in [-0.1, -0.05) is 19.8 Å². The lowest BCUT2D eigenvalue weighted by molar-refractivity contribution is 0.326. The Morgan fingerprint density at radius 1 is 1.40 bits per heavy atom. The van der Waals surface area contributed by atoms with Crippen molar-refractivity contribution in [1.29, 1.82) is 0 Å². The molecule has 0 radical (unpaired) electrons. The Morgan fingerprint density at radius 3 is 2.65 bits per heavy atom. The zero-order valence-electron chi connectivity index (χ0n) is 12.0. The summed E-state index contributed by atoms with van der Waals surface area (Å²) in [5.41, 5.74) is 5.60. The first kappa shape index (κ1) is 16.9. The monoisotopic (exact) mass is 301 g/mol. The van der Waals surface area contributed by atoms with Crippen molar-refractivity contribution in [2.45, 2.75) is 44.0 Å². The number of rotatable bonds is 9. The van der Waals surface area contributed by atoms with Crippen molar-refractivity contribution < 1.29 is 13.2 Å². The lowest BCUT2D eigenvalue weighted by Gasteiger charge is -2.16. The molecule has 0 aliphatic carbocycles. The van der Waals surface area contributed by atoms with Gasteiger partial charge in [-0.25, -0.2) is 18.1 Å². The van der Waals surface area contributed by atoms with Crippen LogP contribution in [-0.4, -0.2) is 32.6 Å². The van der Waals surface area contributed by atoms with Crippen LogP contribution in [0.1, 0.15) is 33.1 Å². The van der Waals surface area contributed by atoms with Crippen molar-refractivity contribution in [2.24, 2.45) is 5.73 Å². The minimum atomic E-state index is -3.58. The molecule has 0 aliphatic heterocycles. The Balaban J connectivity index is 2.76. The topological polar surface area (TPSA) is 94.3 Å². The first-order chi connectivity index (χ1) is 9.53. The predicted molar refractivity (Wildman–Crippen MR) is 78.1 cm³/mol. The molecule has 0 aromatic carbocycles. The quantitative estimate of drug-likeness (QED) is 0.716. The number of nitrogens with one attached hydrogen (secondary N) is 1. The van der Waals surface area contributed by atoms with Gasteiger partial charge in [0.25, 0.3) is 0 Å². The van der Waals surface area contributed by atoms with Crippen molar-refractivity contribution in [2.75, 3.05) is 13.2 Å². The number of unbranched alkanes of at least 4 members (excludes halogenated alkanes) is 1. The third kappa shape index (κ3) is 5.07. The minimum absolute atomic E-state index is 0.121. The van der Waals surface area contributed by atoms with Crippen molar-refractivity contribution in [3.63, 3.8) is 0 Å². The van der Waals surface area contributed by atoms with Crippen LogP contribution in [0.5, 0.6) is 5.88 Å². The van der Waals surface area contributed by atoms with Gasteiger partial charge in [0.15, 0.2) is 0 Å². The second kappa shape index (κ2) is 8.18. The van der Waals surface area contributed by atoms with E-state index in [4.69, 9.17) is 10.5 Å². The molecule has 0 spiro atoms. The zero-order valence-corrected chi connectivity index (χ0v) is 12.8. The Labute approximate surface area is 120 Å². The molecule has 1 aromatic rings. The fourth-order valence-electron chi connectivity index (χ4n) is 1.72. The normalized spacial score (nSPS) is 13.2. The molecule has 1 heterocycles. The summed E-state index contributed by atoms with van der Waals surface area (Å²) in [6.45, 7) is 4.67. The molecule has 0 saturated heterocycles. The van der Waals surface area contributed by atoms with E-state index in [1.165, 1.54) is 12.3 Å². The third-order valence-electron chi connectivity index (χ3n) is 2.82. The van der Waals surface area contributed by atoms with Crippen LogP contribution in [0.2, 0.25) is 0 Å². The van der Waals surface area contributed by atoms with Crippen LogP contribution >= 0.6 is 0 Å². The van der Waals surface area contributed by atoms with Gasteiger partial charge in [0.1, 0.15) is 4.90 Å². The molecule has 0 bridgehead atoms. The van der Waals surface area contributed by atoms with E-state index in [1.54, 1.807) is 6.07 Å². The van der Waals surface area contributed by atoms with Crippen molar-refractivity contribution in [3.8, 4) is 5.88 Å². The minimum Gasteiger partial charge on any atom is -0.478 e. The number of hydrogen-bond donors (Lipinski definition) is 2. The van der Waals surface area contributed by atoms with Crippen LogP contribution in [0.3, 0.4) is 0 Å². The summed E-state index contributed by atoms with van der Waals surface area (Å²) in [6.07, 6.45) is 3.96. The van der Waals surface area contributed by atoms with Crippen LogP contribution in [0, 0.1) is 0 Å². The van der Waals surface area contributed by atoms with Gasteiger partial charge in [0.05, 0.1) is 12.8 Å². The van der Waals surface area contributed by atoms with E-state index in [1.807, 2.05) is 6.92 Å². The van der Waals surface area contributed by atoms with E-state index in [0.29, 0.717) is 12.5 Å². The third-order valence-corrected chi connectivity index (χ3v) is 4.33. The summed E-state index contributed by atoms with van der Waals surface area (Å²) < 4.78 is 32.2. The number of ether oxygens (including phenoxy) is 1. The van der Waals surface area contributed by atoms with E-state index in [-0.39, 0.29) is 17.5 Å². The molecule has 1 rings (SSSR count). The number of nitrogens with two attached hydrogens (primary N) is 1. The summed E-state index contributed by atoms with van der Waals surface area (Å²) in [7, 11) is -3.58. The maximum Gasteiger partial charge on any atom is 0.242 e. The molecule has 3 N–H and O–H groups in total. The summed E-state index contributed by atoms with van der Waals surface area (Å²) in [5, 5.41) is 0. The molecule has 0 aliphatic rings. The van der Waals surface area contributed by atoms with E-state index < -0.39 is 10.0 Å². The molecular formula is C13H23N3O3S. The Kier molecular flexibility index (Phi) is 6.90. The fraction of sp³-hybridized carbons (Fsp3) is 0.615. The smallest absolute Gasteiger partial charge is 0.242 e. The van der Waals surface area contributed by atoms with Crippen molar-refractivity contribution in [1.82, 2.24) is 9.71 Å². The van der Waals surface area contributed by atoms with Gasteiger partial charge in [0, 0.05) is 18.7 Å². The van der Waals surface area contributed by atoms with Crippen molar-refractivity contribution >= 4 is 10.0 Å². The molecule has 6 nitrogen and oxygen atoms in total. The highest BCUT2D eigenvalue weighted by Gasteiger charge is 2.19. The Bertz CT molecular complexity index is 488. The molecular weight excluding hydrogens is 278 g/mol. The van der Waals surface area contributed by atoms with Crippen LogP contribution in [0.15, 0.2) is 23.2 Å². The molecule has 7 heteroatoms. The van der Waals surface area contributed by atoms with Crippen LogP contribution < -0.4 is 15.2 Å². The first-order valence-electron chi connectivity index (χ1n) is 6.84. The van der Waals surface area contributed by atoms with Gasteiger partial charge in [-0.15, -0.1) is 0 Å². The van der Waals surface area contributed by atoms with E-state index in [9.17, 15) is 8.42 Å². The lowest BCUT2D eigenvalue weighted by atomic mass is 10.1. The van der Waals surface area contributed by atoms with Gasteiger partial charge in [-0.3, -0.25) is 0 Å². The highest BCUT2D eigenvalue weighted by Crippen LogP contribution is 2.13. The summed E-state index contributed by atoms with van der Waals surface area (Å²) in [4.78, 5) is 4.08. The number of sulfonamides is 1. The average Bonchev–Trinajstić information content (AvgIpc) is 2.44. The van der Waals surface area contributed by atoms with Crippen molar-refractivity contribution in [3.05, 3.63) is 18.3 Å². The van der Waals surface area contributed by atoms with Gasteiger partial charge >= 0.3 is 0 Å². The predicted octanol–water partition coefficient (Wildman–Crippen LogP) is 1.28. The number of nitrogens with zero attached hydrogens (tertiary/aromatic N) is 1. The van der Waals surface area contributed by atoms with Gasteiger partial charge in [-0.05, 0) is 19.4 Å². The van der Waals surface area contributed by atoms with Crippen LogP contribution in [0.4, 0.5) is 0 Å². The molecule has 1 aromatic heterocycles. The maximum atomic E-state index is 12.2. The van der Waals surface area contributed by atoms with E-state index >= 15 is 0 Å². The number of aromatic nitrogens is 1. The summed E-state index contributed by atoms with van der Waals surface area (Å²) in [5.74, 6) is 0.410. The highest BCUT2D eigenvalue weighted by atomic mass is 32.2. The van der Waals surface area contributed by atoms with Crippen LogP contribution in [0.25, 0.3) is 0 Å².